The summed E-state index contributed by atoms with van der Waals surface area (Å²) in [5, 5.41) is 8.69. The average Bonchev–Trinajstić information content (AvgIpc) is 2.46. The molecule has 0 atom stereocenters. The van der Waals surface area contributed by atoms with Gasteiger partial charge in [0.15, 0.2) is 0 Å². The second-order valence-corrected chi connectivity index (χ2v) is 3.98. The third kappa shape index (κ3) is 3.22. The van der Waals surface area contributed by atoms with Gasteiger partial charge < -0.3 is 4.74 Å². The molecule has 0 unspecified atom stereocenters. The van der Waals surface area contributed by atoms with Crippen LogP contribution in [0.3, 0.4) is 0 Å². The monoisotopic (exact) mass is 258 g/mol. The van der Waals surface area contributed by atoms with Crippen molar-refractivity contribution >= 4 is 11.6 Å². The van der Waals surface area contributed by atoms with Crippen molar-refractivity contribution in [2.24, 2.45) is 0 Å². The predicted octanol–water partition coefficient (Wildman–Crippen LogP) is 3.27. The van der Waals surface area contributed by atoms with Gasteiger partial charge in [0.2, 0.25) is 0 Å². The van der Waals surface area contributed by atoms with Crippen LogP contribution >= 0.6 is 11.6 Å². The van der Waals surface area contributed by atoms with Crippen LogP contribution in [0, 0.1) is 11.3 Å². The van der Waals surface area contributed by atoms with Crippen molar-refractivity contribution in [2.75, 3.05) is 0 Å². The van der Waals surface area contributed by atoms with Gasteiger partial charge in [-0.3, -0.25) is 4.98 Å². The number of aromatic nitrogens is 1. The number of benzene rings is 1. The molecule has 1 aromatic heterocycles. The Labute approximate surface area is 111 Å². The maximum absolute atomic E-state index is 8.69. The number of nitriles is 1. The van der Waals surface area contributed by atoms with Crippen molar-refractivity contribution < 1.29 is 4.74 Å². The molecule has 0 amide bonds. The molecule has 2 rings (SSSR count). The second-order valence-electron chi connectivity index (χ2n) is 3.72. The molecule has 0 spiro atoms. The maximum atomic E-state index is 8.69. The fourth-order valence-electron chi connectivity index (χ4n) is 1.42. The molecule has 0 saturated carbocycles. The van der Waals surface area contributed by atoms with Crippen molar-refractivity contribution in [1.82, 2.24) is 4.98 Å². The van der Waals surface area contributed by atoms with Crippen LogP contribution in [0.4, 0.5) is 0 Å². The number of pyridine rings is 1. The zero-order valence-corrected chi connectivity index (χ0v) is 10.4. The summed E-state index contributed by atoms with van der Waals surface area (Å²) in [7, 11) is 0. The third-order valence-electron chi connectivity index (χ3n) is 2.42. The summed E-state index contributed by atoms with van der Waals surface area (Å²) in [6, 6.07) is 13.0. The summed E-state index contributed by atoms with van der Waals surface area (Å²) in [6.07, 6.45) is 1.65. The molecule has 0 saturated heterocycles. The van der Waals surface area contributed by atoms with Gasteiger partial charge in [-0.1, -0.05) is 12.1 Å². The van der Waals surface area contributed by atoms with Crippen LogP contribution in [-0.2, 0) is 12.5 Å². The van der Waals surface area contributed by atoms with Gasteiger partial charge in [0.05, 0.1) is 29.4 Å². The van der Waals surface area contributed by atoms with Crippen LogP contribution in [0.1, 0.15) is 16.8 Å². The Kier molecular flexibility index (Phi) is 4.16. The minimum atomic E-state index is 0.399. The van der Waals surface area contributed by atoms with Gasteiger partial charge in [0, 0.05) is 0 Å². The van der Waals surface area contributed by atoms with Crippen LogP contribution < -0.4 is 4.74 Å². The molecule has 0 bridgehead atoms. The maximum Gasteiger partial charge on any atom is 0.138 e. The fourth-order valence-corrected chi connectivity index (χ4v) is 1.58. The molecule has 18 heavy (non-hydrogen) atoms. The molecule has 0 aliphatic carbocycles. The highest BCUT2D eigenvalue weighted by Gasteiger charge is 1.98. The number of ether oxygens (including phenoxy) is 1. The van der Waals surface area contributed by atoms with Crippen LogP contribution in [0.5, 0.6) is 5.75 Å². The lowest BCUT2D eigenvalue weighted by Crippen LogP contribution is -1.96. The number of alkyl halides is 1. The second kappa shape index (κ2) is 6.04. The van der Waals surface area contributed by atoms with E-state index >= 15 is 0 Å². The van der Waals surface area contributed by atoms with Crippen molar-refractivity contribution in [3.05, 3.63) is 59.4 Å². The van der Waals surface area contributed by atoms with E-state index in [1.54, 1.807) is 18.3 Å². The molecule has 0 aliphatic rings. The van der Waals surface area contributed by atoms with Crippen LogP contribution in [0.15, 0.2) is 42.6 Å². The average molecular weight is 259 g/mol. The Morgan fingerprint density at radius 3 is 2.50 bits per heavy atom. The Hall–Kier alpha value is -2.05. The molecule has 2 aromatic rings. The summed E-state index contributed by atoms with van der Waals surface area (Å²) < 4.78 is 5.58. The van der Waals surface area contributed by atoms with E-state index in [2.05, 4.69) is 11.1 Å². The molecule has 0 aliphatic heterocycles. The molecule has 90 valence electrons. The molecular formula is C14H11ClN2O. The number of rotatable bonds is 4. The van der Waals surface area contributed by atoms with E-state index in [0.29, 0.717) is 23.8 Å². The lowest BCUT2D eigenvalue weighted by Gasteiger charge is -2.06. The molecule has 0 N–H and O–H groups in total. The zero-order chi connectivity index (χ0) is 12.8. The van der Waals surface area contributed by atoms with Crippen molar-refractivity contribution in [2.45, 2.75) is 12.5 Å². The number of halogens is 1. The van der Waals surface area contributed by atoms with Crippen LogP contribution in [0.2, 0.25) is 0 Å². The van der Waals surface area contributed by atoms with Gasteiger partial charge >= 0.3 is 0 Å². The molecule has 0 fully saturated rings. The smallest absolute Gasteiger partial charge is 0.138 e. The van der Waals surface area contributed by atoms with E-state index in [4.69, 9.17) is 21.6 Å². The lowest BCUT2D eigenvalue weighted by atomic mass is 10.2. The van der Waals surface area contributed by atoms with E-state index < -0.39 is 0 Å². The van der Waals surface area contributed by atoms with Crippen molar-refractivity contribution in [3.63, 3.8) is 0 Å². The van der Waals surface area contributed by atoms with Gasteiger partial charge in [-0.05, 0) is 29.8 Å². The molecule has 1 aromatic carbocycles. The zero-order valence-electron chi connectivity index (χ0n) is 9.64. The Balaban J connectivity index is 1.95. The number of nitrogens with zero attached hydrogens (tertiary/aromatic N) is 2. The van der Waals surface area contributed by atoms with Gasteiger partial charge in [0.1, 0.15) is 12.4 Å². The molecular weight excluding hydrogens is 248 g/mol. The van der Waals surface area contributed by atoms with Crippen LogP contribution in [-0.4, -0.2) is 4.98 Å². The van der Waals surface area contributed by atoms with Gasteiger partial charge in [0.25, 0.3) is 0 Å². The molecule has 3 nitrogen and oxygen atoms in total. The Morgan fingerprint density at radius 1 is 1.17 bits per heavy atom. The SMILES string of the molecule is N#Cc1ccc(COc2ccc(CCl)nc2)cc1. The summed E-state index contributed by atoms with van der Waals surface area (Å²) in [5.74, 6) is 1.10. The van der Waals surface area contributed by atoms with E-state index in [-0.39, 0.29) is 0 Å². The van der Waals surface area contributed by atoms with Crippen molar-refractivity contribution in [1.29, 1.82) is 5.26 Å². The summed E-state index contributed by atoms with van der Waals surface area (Å²) in [5.41, 5.74) is 2.48. The largest absolute Gasteiger partial charge is 0.487 e. The summed E-state index contributed by atoms with van der Waals surface area (Å²) >= 11 is 5.65. The van der Waals surface area contributed by atoms with E-state index in [9.17, 15) is 0 Å². The van der Waals surface area contributed by atoms with Gasteiger partial charge in [-0.2, -0.15) is 5.26 Å². The highest BCUT2D eigenvalue weighted by atomic mass is 35.5. The quantitative estimate of drug-likeness (QED) is 0.791. The molecule has 0 radical (unpaired) electrons. The Morgan fingerprint density at radius 2 is 1.94 bits per heavy atom. The topological polar surface area (TPSA) is 45.9 Å². The lowest BCUT2D eigenvalue weighted by molar-refractivity contribution is 0.305. The van der Waals surface area contributed by atoms with E-state index in [0.717, 1.165) is 11.3 Å². The Bertz CT molecular complexity index is 544. The van der Waals surface area contributed by atoms with E-state index in [1.807, 2.05) is 24.3 Å². The highest BCUT2D eigenvalue weighted by Crippen LogP contribution is 2.13. The van der Waals surface area contributed by atoms with Gasteiger partial charge in [-0.25, -0.2) is 0 Å². The standard InChI is InChI=1S/C14H11ClN2O/c15-7-13-5-6-14(9-17-13)18-10-12-3-1-11(8-16)2-4-12/h1-6,9H,7,10H2. The number of hydrogen-bond donors (Lipinski definition) is 0. The summed E-state index contributed by atoms with van der Waals surface area (Å²) in [4.78, 5) is 4.14. The first kappa shape index (κ1) is 12.4. The molecule has 4 heteroatoms. The predicted molar refractivity (Wildman–Crippen MR) is 69.3 cm³/mol. The number of hydrogen-bond acceptors (Lipinski definition) is 3. The summed E-state index contributed by atoms with van der Waals surface area (Å²) in [6.45, 7) is 0.452. The van der Waals surface area contributed by atoms with E-state index in [1.165, 1.54) is 0 Å². The first-order valence-electron chi connectivity index (χ1n) is 5.44. The fraction of sp³-hybridized carbons (Fsp3) is 0.143. The first-order valence-corrected chi connectivity index (χ1v) is 5.98. The normalized spacial score (nSPS) is 9.78. The van der Waals surface area contributed by atoms with Gasteiger partial charge in [-0.15, -0.1) is 11.6 Å². The first-order chi connectivity index (χ1) is 8.81. The minimum absolute atomic E-state index is 0.399. The highest BCUT2D eigenvalue weighted by molar-refractivity contribution is 6.16. The van der Waals surface area contributed by atoms with Crippen molar-refractivity contribution in [3.8, 4) is 11.8 Å². The third-order valence-corrected chi connectivity index (χ3v) is 2.70. The molecule has 1 heterocycles. The van der Waals surface area contributed by atoms with Crippen LogP contribution in [0.25, 0.3) is 0 Å². The minimum Gasteiger partial charge on any atom is -0.487 e.